The van der Waals surface area contributed by atoms with E-state index in [1.54, 1.807) is 12.1 Å². The van der Waals surface area contributed by atoms with Crippen LogP contribution in [0.2, 0.25) is 0 Å². The van der Waals surface area contributed by atoms with Crippen LogP contribution in [0.5, 0.6) is 5.75 Å². The van der Waals surface area contributed by atoms with Crippen LogP contribution in [-0.4, -0.2) is 22.2 Å². The minimum absolute atomic E-state index is 0.0718. The van der Waals surface area contributed by atoms with E-state index in [0.29, 0.717) is 24.5 Å². The number of rotatable bonds is 8. The van der Waals surface area contributed by atoms with Gasteiger partial charge in [0.25, 0.3) is 0 Å². The van der Waals surface area contributed by atoms with Crippen molar-refractivity contribution in [2.75, 3.05) is 10.6 Å². The Morgan fingerprint density at radius 1 is 0.929 bits per heavy atom. The molecule has 0 aliphatic heterocycles. The summed E-state index contributed by atoms with van der Waals surface area (Å²) < 4.78 is 5.79. The van der Waals surface area contributed by atoms with Gasteiger partial charge in [-0.1, -0.05) is 42.5 Å². The van der Waals surface area contributed by atoms with Gasteiger partial charge in [0.15, 0.2) is 11.6 Å². The van der Waals surface area contributed by atoms with E-state index >= 15 is 0 Å². The zero-order valence-electron chi connectivity index (χ0n) is 16.1. The predicted octanol–water partition coefficient (Wildman–Crippen LogP) is 4.58. The van der Waals surface area contributed by atoms with Crippen molar-refractivity contribution >= 4 is 23.2 Å². The van der Waals surface area contributed by atoms with E-state index < -0.39 is 0 Å². The Labute approximate surface area is 165 Å². The summed E-state index contributed by atoms with van der Waals surface area (Å²) in [5.74, 6) is 1.66. The third-order valence-corrected chi connectivity index (χ3v) is 3.93. The highest BCUT2D eigenvalue weighted by atomic mass is 16.5. The Morgan fingerprint density at radius 3 is 2.32 bits per heavy atom. The van der Waals surface area contributed by atoms with Crippen molar-refractivity contribution in [2.24, 2.45) is 0 Å². The highest BCUT2D eigenvalue weighted by Gasteiger charge is 2.08. The Bertz CT molecular complexity index is 896. The molecule has 1 amide bonds. The molecule has 0 aliphatic carbocycles. The van der Waals surface area contributed by atoms with Crippen molar-refractivity contribution in [2.45, 2.75) is 32.8 Å². The largest absolute Gasteiger partial charge is 0.489 e. The molecule has 0 saturated heterocycles. The van der Waals surface area contributed by atoms with Crippen LogP contribution in [0.3, 0.4) is 0 Å². The number of benzene rings is 2. The number of nitrogens with zero attached hydrogens (tertiary/aromatic N) is 2. The average Bonchev–Trinajstić information content (AvgIpc) is 2.70. The van der Waals surface area contributed by atoms with Gasteiger partial charge in [-0.25, -0.2) is 0 Å². The summed E-state index contributed by atoms with van der Waals surface area (Å²) in [5.41, 5.74) is 1.94. The second-order valence-corrected chi connectivity index (χ2v) is 6.63. The standard InChI is InChI=1S/C22H24N4O2/c1-16(2)28-19-11-7-6-10-18(19)23-20-13-14-21(26-25-20)24-22(27)15-12-17-8-4-3-5-9-17/h3-11,13-14,16H,12,15H2,1-2H3,(H,23,25)(H,24,26,27). The van der Waals surface area contributed by atoms with Crippen LogP contribution in [0.25, 0.3) is 0 Å². The Morgan fingerprint density at radius 2 is 1.61 bits per heavy atom. The molecule has 0 spiro atoms. The van der Waals surface area contributed by atoms with Gasteiger partial charge < -0.3 is 15.4 Å². The number of aromatic nitrogens is 2. The molecule has 0 radical (unpaired) electrons. The van der Waals surface area contributed by atoms with Gasteiger partial charge in [-0.15, -0.1) is 10.2 Å². The molecule has 1 heterocycles. The lowest BCUT2D eigenvalue weighted by atomic mass is 10.1. The first-order chi connectivity index (χ1) is 13.6. The number of hydrogen-bond acceptors (Lipinski definition) is 5. The van der Waals surface area contributed by atoms with Gasteiger partial charge in [-0.3, -0.25) is 4.79 Å². The summed E-state index contributed by atoms with van der Waals surface area (Å²) >= 11 is 0. The predicted molar refractivity (Wildman–Crippen MR) is 111 cm³/mol. The van der Waals surface area contributed by atoms with Crippen LogP contribution < -0.4 is 15.4 Å². The molecular formula is C22H24N4O2. The number of aryl methyl sites for hydroxylation is 1. The van der Waals surface area contributed by atoms with Gasteiger partial charge >= 0.3 is 0 Å². The van der Waals surface area contributed by atoms with E-state index in [4.69, 9.17) is 4.74 Å². The van der Waals surface area contributed by atoms with E-state index in [9.17, 15) is 4.79 Å². The summed E-state index contributed by atoms with van der Waals surface area (Å²) in [4.78, 5) is 12.1. The number of anilines is 3. The summed E-state index contributed by atoms with van der Waals surface area (Å²) in [6.07, 6.45) is 1.15. The topological polar surface area (TPSA) is 76.1 Å². The Kier molecular flexibility index (Phi) is 6.57. The molecule has 6 heteroatoms. The molecule has 3 rings (SSSR count). The zero-order valence-corrected chi connectivity index (χ0v) is 16.1. The first-order valence-corrected chi connectivity index (χ1v) is 9.30. The van der Waals surface area contributed by atoms with E-state index in [0.717, 1.165) is 17.0 Å². The summed E-state index contributed by atoms with van der Waals surface area (Å²) in [6.45, 7) is 3.96. The zero-order chi connectivity index (χ0) is 19.8. The van der Waals surface area contributed by atoms with Crippen molar-refractivity contribution in [3.8, 4) is 5.75 Å². The molecule has 0 fully saturated rings. The van der Waals surface area contributed by atoms with Crippen LogP contribution in [0.15, 0.2) is 66.7 Å². The fourth-order valence-corrected chi connectivity index (χ4v) is 2.64. The Balaban J connectivity index is 1.56. The number of ether oxygens (including phenoxy) is 1. The molecule has 0 saturated carbocycles. The van der Waals surface area contributed by atoms with Gasteiger partial charge in [0.05, 0.1) is 11.8 Å². The van der Waals surface area contributed by atoms with E-state index in [2.05, 4.69) is 20.8 Å². The molecule has 144 valence electrons. The first kappa shape index (κ1) is 19.4. The lowest BCUT2D eigenvalue weighted by Crippen LogP contribution is -2.14. The van der Waals surface area contributed by atoms with Crippen molar-refractivity contribution in [3.05, 3.63) is 72.3 Å². The molecule has 0 aliphatic rings. The smallest absolute Gasteiger partial charge is 0.225 e. The van der Waals surface area contributed by atoms with E-state index in [-0.39, 0.29) is 12.0 Å². The van der Waals surface area contributed by atoms with Crippen LogP contribution in [0, 0.1) is 0 Å². The minimum atomic E-state index is -0.0884. The molecule has 0 unspecified atom stereocenters. The highest BCUT2D eigenvalue weighted by molar-refractivity contribution is 5.89. The Hall–Kier alpha value is -3.41. The number of carbonyl (C=O) groups excluding carboxylic acids is 1. The number of carbonyl (C=O) groups is 1. The third kappa shape index (κ3) is 5.81. The summed E-state index contributed by atoms with van der Waals surface area (Å²) in [7, 11) is 0. The maximum absolute atomic E-state index is 12.1. The molecule has 0 atom stereocenters. The van der Waals surface area contributed by atoms with Gasteiger partial charge in [0.1, 0.15) is 5.75 Å². The van der Waals surface area contributed by atoms with Crippen molar-refractivity contribution in [1.29, 1.82) is 0 Å². The summed E-state index contributed by atoms with van der Waals surface area (Å²) in [6, 6.07) is 21.1. The van der Waals surface area contributed by atoms with Gasteiger partial charge in [-0.2, -0.15) is 0 Å². The number of hydrogen-bond donors (Lipinski definition) is 2. The van der Waals surface area contributed by atoms with Gasteiger partial charge in [0, 0.05) is 6.42 Å². The first-order valence-electron chi connectivity index (χ1n) is 9.30. The minimum Gasteiger partial charge on any atom is -0.489 e. The second-order valence-electron chi connectivity index (χ2n) is 6.63. The SMILES string of the molecule is CC(C)Oc1ccccc1Nc1ccc(NC(=O)CCc2ccccc2)nn1. The normalized spacial score (nSPS) is 10.5. The molecule has 2 N–H and O–H groups in total. The molecule has 0 bridgehead atoms. The van der Waals surface area contributed by atoms with Crippen LogP contribution in [0.4, 0.5) is 17.3 Å². The lowest BCUT2D eigenvalue weighted by Gasteiger charge is -2.15. The number of para-hydroxylation sites is 2. The third-order valence-electron chi connectivity index (χ3n) is 3.93. The fraction of sp³-hybridized carbons (Fsp3) is 0.227. The van der Waals surface area contributed by atoms with Crippen molar-refractivity contribution < 1.29 is 9.53 Å². The maximum atomic E-state index is 12.1. The molecule has 6 nitrogen and oxygen atoms in total. The molecule has 3 aromatic rings. The van der Waals surface area contributed by atoms with Crippen molar-refractivity contribution in [3.63, 3.8) is 0 Å². The summed E-state index contributed by atoms with van der Waals surface area (Å²) in [5, 5.41) is 14.2. The second kappa shape index (κ2) is 9.50. The quantitative estimate of drug-likeness (QED) is 0.602. The van der Waals surface area contributed by atoms with Crippen molar-refractivity contribution in [1.82, 2.24) is 10.2 Å². The monoisotopic (exact) mass is 376 g/mol. The fourth-order valence-electron chi connectivity index (χ4n) is 2.64. The highest BCUT2D eigenvalue weighted by Crippen LogP contribution is 2.27. The molecule has 2 aromatic carbocycles. The molecule has 1 aromatic heterocycles. The molecule has 28 heavy (non-hydrogen) atoms. The van der Waals surface area contributed by atoms with Crippen LogP contribution in [-0.2, 0) is 11.2 Å². The number of nitrogens with one attached hydrogen (secondary N) is 2. The van der Waals surface area contributed by atoms with Gasteiger partial charge in [-0.05, 0) is 50.1 Å². The average molecular weight is 376 g/mol. The van der Waals surface area contributed by atoms with Crippen LogP contribution in [0.1, 0.15) is 25.8 Å². The lowest BCUT2D eigenvalue weighted by molar-refractivity contribution is -0.116. The molecular weight excluding hydrogens is 352 g/mol. The maximum Gasteiger partial charge on any atom is 0.225 e. The van der Waals surface area contributed by atoms with Crippen LogP contribution >= 0.6 is 0 Å². The van der Waals surface area contributed by atoms with Gasteiger partial charge in [0.2, 0.25) is 5.91 Å². The van der Waals surface area contributed by atoms with E-state index in [1.807, 2.05) is 68.4 Å². The van der Waals surface area contributed by atoms with E-state index in [1.165, 1.54) is 0 Å². The number of amides is 1.